The number of benzene rings is 3. The van der Waals surface area contributed by atoms with Gasteiger partial charge in [-0.15, -0.1) is 0 Å². The molecule has 0 heterocycles. The summed E-state index contributed by atoms with van der Waals surface area (Å²) >= 11 is 6.01. The normalized spacial score (nSPS) is 10.8. The molecule has 3 aromatic carbocycles. The first-order valence-electron chi connectivity index (χ1n) is 9.46. The lowest BCUT2D eigenvalue weighted by Gasteiger charge is -2.13. The van der Waals surface area contributed by atoms with Crippen LogP contribution in [0.15, 0.2) is 71.6 Å². The fraction of sp³-hybridized carbons (Fsp3) is 0.0909. The summed E-state index contributed by atoms with van der Waals surface area (Å²) in [5, 5.41) is 0.227. The summed E-state index contributed by atoms with van der Waals surface area (Å²) in [6.07, 6.45) is 0. The van der Waals surface area contributed by atoms with E-state index in [1.807, 2.05) is 0 Å². The molecule has 0 spiro atoms. The molecule has 0 bridgehead atoms. The number of amides is 2. The van der Waals surface area contributed by atoms with Gasteiger partial charge in [-0.1, -0.05) is 35.9 Å². The molecule has 3 rings (SSSR count). The van der Waals surface area contributed by atoms with Crippen LogP contribution in [0.4, 0.5) is 5.69 Å². The second-order valence-corrected chi connectivity index (χ2v) is 8.65. The Hall–Kier alpha value is -3.76. The van der Waals surface area contributed by atoms with E-state index in [1.54, 1.807) is 30.3 Å². The summed E-state index contributed by atoms with van der Waals surface area (Å²) in [6, 6.07) is 16.4. The van der Waals surface area contributed by atoms with E-state index in [0.717, 1.165) is 0 Å². The summed E-state index contributed by atoms with van der Waals surface area (Å²) in [5.41, 5.74) is 4.87. The predicted octanol–water partition coefficient (Wildman–Crippen LogP) is 3.23. The first kappa shape index (κ1) is 23.9. The van der Waals surface area contributed by atoms with Gasteiger partial charge in [0.05, 0.1) is 35.4 Å². The van der Waals surface area contributed by atoms with Crippen LogP contribution in [0.2, 0.25) is 5.02 Å². The average Bonchev–Trinajstić information content (AvgIpc) is 2.83. The Morgan fingerprint density at radius 1 is 0.848 bits per heavy atom. The summed E-state index contributed by atoms with van der Waals surface area (Å²) in [7, 11) is -1.20. The molecule has 0 aliphatic heterocycles. The highest BCUT2D eigenvalue weighted by molar-refractivity contribution is 7.92. The SMILES string of the molecule is COc1cccc(C(=O)NNC(=O)c2cccc(S(=O)(=O)Nc3ccccc3Cl)c2)c1OC. The lowest BCUT2D eigenvalue weighted by atomic mass is 10.1. The smallest absolute Gasteiger partial charge is 0.273 e. The number of carbonyl (C=O) groups excluding carboxylic acids is 2. The van der Waals surface area contributed by atoms with E-state index in [4.69, 9.17) is 21.1 Å². The molecule has 3 N–H and O–H groups in total. The number of anilines is 1. The lowest BCUT2D eigenvalue weighted by Crippen LogP contribution is -2.41. The van der Waals surface area contributed by atoms with Crippen LogP contribution in [0.25, 0.3) is 0 Å². The number of halogens is 1. The standard InChI is InChI=1S/C22H20ClN3O6S/c1-31-19-12-6-9-16(20(19)32-2)22(28)25-24-21(27)14-7-5-8-15(13-14)33(29,30)26-18-11-4-3-10-17(18)23/h3-13,26H,1-2H3,(H,24,27)(H,25,28). The Morgan fingerprint density at radius 2 is 1.55 bits per heavy atom. The third kappa shape index (κ3) is 5.54. The minimum Gasteiger partial charge on any atom is -0.493 e. The zero-order chi connectivity index (χ0) is 24.0. The molecule has 0 saturated heterocycles. The van der Waals surface area contributed by atoms with Gasteiger partial charge in [0.15, 0.2) is 11.5 Å². The van der Waals surface area contributed by atoms with Gasteiger partial charge >= 0.3 is 0 Å². The molecule has 33 heavy (non-hydrogen) atoms. The number of ether oxygens (including phenoxy) is 2. The quantitative estimate of drug-likeness (QED) is 0.438. The van der Waals surface area contributed by atoms with Gasteiger partial charge < -0.3 is 9.47 Å². The average molecular weight is 490 g/mol. The van der Waals surface area contributed by atoms with Crippen molar-refractivity contribution in [2.45, 2.75) is 4.90 Å². The van der Waals surface area contributed by atoms with Crippen LogP contribution >= 0.6 is 11.6 Å². The van der Waals surface area contributed by atoms with Gasteiger partial charge in [0.1, 0.15) is 0 Å². The second kappa shape index (κ2) is 10.2. The Bertz CT molecular complexity index is 1300. The zero-order valence-corrected chi connectivity index (χ0v) is 19.2. The van der Waals surface area contributed by atoms with Gasteiger partial charge in [0.25, 0.3) is 21.8 Å². The fourth-order valence-electron chi connectivity index (χ4n) is 2.87. The first-order chi connectivity index (χ1) is 15.8. The molecule has 0 radical (unpaired) electrons. The lowest BCUT2D eigenvalue weighted by molar-refractivity contribution is 0.0844. The van der Waals surface area contributed by atoms with E-state index in [9.17, 15) is 18.0 Å². The highest BCUT2D eigenvalue weighted by Crippen LogP contribution is 2.30. The van der Waals surface area contributed by atoms with Crippen LogP contribution in [0.1, 0.15) is 20.7 Å². The molecule has 0 atom stereocenters. The number of methoxy groups -OCH3 is 2. The molecule has 0 fully saturated rings. The molecule has 172 valence electrons. The van der Waals surface area contributed by atoms with Gasteiger partial charge in [0.2, 0.25) is 0 Å². The van der Waals surface area contributed by atoms with Crippen molar-refractivity contribution in [2.75, 3.05) is 18.9 Å². The number of para-hydroxylation sites is 2. The van der Waals surface area contributed by atoms with Crippen LogP contribution in [-0.2, 0) is 10.0 Å². The summed E-state index contributed by atoms with van der Waals surface area (Å²) in [5.74, 6) is -0.825. The van der Waals surface area contributed by atoms with Gasteiger partial charge in [-0.25, -0.2) is 8.42 Å². The van der Waals surface area contributed by atoms with E-state index >= 15 is 0 Å². The van der Waals surface area contributed by atoms with Crippen molar-refractivity contribution in [3.63, 3.8) is 0 Å². The van der Waals surface area contributed by atoms with Crippen molar-refractivity contribution < 1.29 is 27.5 Å². The van der Waals surface area contributed by atoms with E-state index in [1.165, 1.54) is 50.6 Å². The van der Waals surface area contributed by atoms with Crippen molar-refractivity contribution in [1.29, 1.82) is 0 Å². The molecular weight excluding hydrogens is 470 g/mol. The number of rotatable bonds is 7. The molecule has 11 heteroatoms. The van der Waals surface area contributed by atoms with E-state index in [2.05, 4.69) is 15.6 Å². The Morgan fingerprint density at radius 3 is 2.24 bits per heavy atom. The van der Waals surface area contributed by atoms with E-state index in [-0.39, 0.29) is 32.5 Å². The largest absolute Gasteiger partial charge is 0.493 e. The molecule has 3 aromatic rings. The Kier molecular flexibility index (Phi) is 7.41. The van der Waals surface area contributed by atoms with Crippen LogP contribution in [0.3, 0.4) is 0 Å². The number of hydrogen-bond donors (Lipinski definition) is 3. The van der Waals surface area contributed by atoms with Gasteiger partial charge in [0, 0.05) is 5.56 Å². The first-order valence-corrected chi connectivity index (χ1v) is 11.3. The highest BCUT2D eigenvalue weighted by atomic mass is 35.5. The van der Waals surface area contributed by atoms with Crippen molar-refractivity contribution >= 4 is 39.1 Å². The maximum Gasteiger partial charge on any atom is 0.273 e. The Labute approximate surface area is 195 Å². The highest BCUT2D eigenvalue weighted by Gasteiger charge is 2.19. The monoisotopic (exact) mass is 489 g/mol. The molecule has 9 nitrogen and oxygen atoms in total. The number of nitrogens with one attached hydrogen (secondary N) is 3. The maximum absolute atomic E-state index is 12.7. The summed E-state index contributed by atoms with van der Waals surface area (Å²) in [6.45, 7) is 0. The van der Waals surface area contributed by atoms with Gasteiger partial charge in [-0.3, -0.25) is 25.2 Å². The third-order valence-corrected chi connectivity index (χ3v) is 6.15. The van der Waals surface area contributed by atoms with Crippen molar-refractivity contribution in [3.8, 4) is 11.5 Å². The van der Waals surface area contributed by atoms with Crippen LogP contribution < -0.4 is 25.0 Å². The minimum atomic E-state index is -4.02. The summed E-state index contributed by atoms with van der Waals surface area (Å²) < 4.78 is 38.2. The number of hydrazine groups is 1. The molecule has 2 amide bonds. The van der Waals surface area contributed by atoms with E-state index in [0.29, 0.717) is 5.75 Å². The molecular formula is C22H20ClN3O6S. The number of carbonyl (C=O) groups is 2. The number of sulfonamides is 1. The van der Waals surface area contributed by atoms with Crippen molar-refractivity contribution in [1.82, 2.24) is 10.9 Å². The fourth-order valence-corrected chi connectivity index (χ4v) is 4.24. The second-order valence-electron chi connectivity index (χ2n) is 6.56. The molecule has 0 aliphatic carbocycles. The summed E-state index contributed by atoms with van der Waals surface area (Å²) in [4.78, 5) is 24.9. The minimum absolute atomic E-state index is 0.00920. The van der Waals surface area contributed by atoms with Crippen LogP contribution in [0.5, 0.6) is 11.5 Å². The van der Waals surface area contributed by atoms with Crippen LogP contribution in [0, 0.1) is 0 Å². The van der Waals surface area contributed by atoms with Crippen molar-refractivity contribution in [2.24, 2.45) is 0 Å². The predicted molar refractivity (Wildman–Crippen MR) is 123 cm³/mol. The molecule has 0 aromatic heterocycles. The van der Waals surface area contributed by atoms with E-state index < -0.39 is 21.8 Å². The topological polar surface area (TPSA) is 123 Å². The zero-order valence-electron chi connectivity index (χ0n) is 17.6. The third-order valence-electron chi connectivity index (χ3n) is 4.46. The Balaban J connectivity index is 1.74. The molecule has 0 unspecified atom stereocenters. The van der Waals surface area contributed by atoms with Gasteiger partial charge in [-0.2, -0.15) is 0 Å². The maximum atomic E-state index is 12.7. The van der Waals surface area contributed by atoms with Crippen molar-refractivity contribution in [3.05, 3.63) is 82.9 Å². The van der Waals surface area contributed by atoms with Gasteiger partial charge in [-0.05, 0) is 42.5 Å². The van der Waals surface area contributed by atoms with Crippen LogP contribution in [-0.4, -0.2) is 34.5 Å². The molecule has 0 saturated carbocycles. The molecule has 0 aliphatic rings. The number of hydrogen-bond acceptors (Lipinski definition) is 6.